The monoisotopic (exact) mass is 307 g/mol. The molecule has 3 rings (SSSR count). The first-order valence-electron chi connectivity index (χ1n) is 7.88. The molecule has 2 aliphatic rings. The molecule has 1 aromatic rings. The lowest BCUT2D eigenvalue weighted by atomic mass is 9.79. The number of piperidine rings is 1. The van der Waals surface area contributed by atoms with Crippen LogP contribution in [0.25, 0.3) is 0 Å². The van der Waals surface area contributed by atoms with Gasteiger partial charge in [-0.05, 0) is 32.0 Å². The van der Waals surface area contributed by atoms with E-state index in [1.54, 1.807) is 7.11 Å². The van der Waals surface area contributed by atoms with E-state index >= 15 is 0 Å². The summed E-state index contributed by atoms with van der Waals surface area (Å²) >= 11 is 0. The van der Waals surface area contributed by atoms with Gasteiger partial charge in [-0.25, -0.2) is 0 Å². The van der Waals surface area contributed by atoms with E-state index < -0.39 is 5.60 Å². The van der Waals surface area contributed by atoms with Crippen molar-refractivity contribution in [2.24, 2.45) is 0 Å². The number of aliphatic hydroxyl groups is 1. The molecule has 0 saturated carbocycles. The lowest BCUT2D eigenvalue weighted by Gasteiger charge is -2.50. The van der Waals surface area contributed by atoms with Gasteiger partial charge in [0.2, 0.25) is 0 Å². The van der Waals surface area contributed by atoms with Crippen molar-refractivity contribution >= 4 is 0 Å². The fraction of sp³-hybridized carbons (Fsp3) is 0.647. The molecule has 122 valence electrons. The van der Waals surface area contributed by atoms with Crippen molar-refractivity contribution < 1.29 is 19.3 Å². The Bertz CT molecular complexity index is 493. The van der Waals surface area contributed by atoms with Crippen molar-refractivity contribution in [3.05, 3.63) is 24.3 Å². The van der Waals surface area contributed by atoms with Crippen LogP contribution < -0.4 is 9.47 Å². The third-order valence-electron chi connectivity index (χ3n) is 4.88. The van der Waals surface area contributed by atoms with Crippen molar-refractivity contribution in [1.82, 2.24) is 4.90 Å². The van der Waals surface area contributed by atoms with E-state index in [9.17, 15) is 5.11 Å². The van der Waals surface area contributed by atoms with Crippen LogP contribution in [0.5, 0.6) is 11.5 Å². The van der Waals surface area contributed by atoms with E-state index in [-0.39, 0.29) is 0 Å². The van der Waals surface area contributed by atoms with E-state index in [2.05, 4.69) is 11.9 Å². The molecule has 0 aliphatic carbocycles. The fourth-order valence-electron chi connectivity index (χ4n) is 3.49. The third-order valence-corrected chi connectivity index (χ3v) is 4.88. The topological polar surface area (TPSA) is 51.2 Å². The fourth-order valence-corrected chi connectivity index (χ4v) is 3.49. The molecule has 2 atom stereocenters. The molecular formula is C17H25NO4. The summed E-state index contributed by atoms with van der Waals surface area (Å²) in [6.45, 7) is 1.94. The van der Waals surface area contributed by atoms with Gasteiger partial charge in [0.1, 0.15) is 11.5 Å². The van der Waals surface area contributed by atoms with Gasteiger partial charge >= 0.3 is 0 Å². The molecule has 2 aliphatic heterocycles. The van der Waals surface area contributed by atoms with Gasteiger partial charge in [0.15, 0.2) is 0 Å². The normalized spacial score (nSPS) is 31.8. The molecule has 2 unspecified atom stereocenters. The van der Waals surface area contributed by atoms with Crippen molar-refractivity contribution in [3.8, 4) is 11.5 Å². The molecule has 0 aromatic heterocycles. The first kappa shape index (κ1) is 15.6. The van der Waals surface area contributed by atoms with E-state index in [0.29, 0.717) is 38.3 Å². The third kappa shape index (κ3) is 3.37. The van der Waals surface area contributed by atoms with Gasteiger partial charge in [-0.2, -0.15) is 0 Å². The van der Waals surface area contributed by atoms with Crippen LogP contribution >= 0.6 is 0 Å². The van der Waals surface area contributed by atoms with Gasteiger partial charge in [0.05, 0.1) is 32.5 Å². The van der Waals surface area contributed by atoms with Gasteiger partial charge < -0.3 is 19.3 Å². The summed E-state index contributed by atoms with van der Waals surface area (Å²) in [6.07, 6.45) is 2.15. The predicted molar refractivity (Wildman–Crippen MR) is 83.4 cm³/mol. The van der Waals surface area contributed by atoms with Crippen LogP contribution in [-0.2, 0) is 4.74 Å². The molecule has 0 amide bonds. The van der Waals surface area contributed by atoms with Crippen molar-refractivity contribution in [1.29, 1.82) is 0 Å². The number of methoxy groups -OCH3 is 1. The quantitative estimate of drug-likeness (QED) is 0.897. The first-order valence-corrected chi connectivity index (χ1v) is 7.88. The van der Waals surface area contributed by atoms with E-state index in [0.717, 1.165) is 24.3 Å². The molecule has 1 N–H and O–H groups in total. The maximum atomic E-state index is 10.9. The van der Waals surface area contributed by atoms with Crippen molar-refractivity contribution in [2.75, 3.05) is 34.0 Å². The maximum absolute atomic E-state index is 10.9. The van der Waals surface area contributed by atoms with Crippen LogP contribution in [0.4, 0.5) is 0 Å². The Hall–Kier alpha value is -1.30. The average molecular weight is 307 g/mol. The highest BCUT2D eigenvalue weighted by Crippen LogP contribution is 2.35. The number of ether oxygens (including phenoxy) is 3. The van der Waals surface area contributed by atoms with Crippen LogP contribution in [0.15, 0.2) is 24.3 Å². The molecule has 2 bridgehead atoms. The van der Waals surface area contributed by atoms with Crippen LogP contribution in [-0.4, -0.2) is 61.7 Å². The molecule has 2 heterocycles. The van der Waals surface area contributed by atoms with Crippen molar-refractivity contribution in [2.45, 2.75) is 36.9 Å². The minimum atomic E-state index is -0.648. The molecular weight excluding hydrogens is 282 g/mol. The van der Waals surface area contributed by atoms with Gasteiger partial charge in [-0.3, -0.25) is 4.90 Å². The summed E-state index contributed by atoms with van der Waals surface area (Å²) in [7, 11) is 3.77. The summed E-state index contributed by atoms with van der Waals surface area (Å²) in [5, 5.41) is 10.9. The lowest BCUT2D eigenvalue weighted by Crippen LogP contribution is -2.60. The zero-order valence-electron chi connectivity index (χ0n) is 13.3. The number of benzene rings is 1. The molecule has 5 nitrogen and oxygen atoms in total. The second kappa shape index (κ2) is 6.44. The Balaban J connectivity index is 1.54. The van der Waals surface area contributed by atoms with Gasteiger partial charge in [-0.1, -0.05) is 6.07 Å². The summed E-state index contributed by atoms with van der Waals surface area (Å²) in [6, 6.07) is 8.19. The van der Waals surface area contributed by atoms with E-state index in [1.807, 2.05) is 24.3 Å². The maximum Gasteiger partial charge on any atom is 0.122 e. The number of rotatable bonds is 5. The van der Waals surface area contributed by atoms with E-state index in [4.69, 9.17) is 14.2 Å². The Morgan fingerprint density at radius 3 is 2.64 bits per heavy atom. The minimum absolute atomic E-state index is 0.314. The number of likely N-dealkylation sites (N-methyl/N-ethyl adjacent to an activating group) is 1. The molecule has 0 spiro atoms. The van der Waals surface area contributed by atoms with Crippen LogP contribution in [0.3, 0.4) is 0 Å². The first-order chi connectivity index (χ1) is 10.6. The van der Waals surface area contributed by atoms with Crippen molar-refractivity contribution in [3.63, 3.8) is 0 Å². The van der Waals surface area contributed by atoms with Crippen LogP contribution in [0, 0.1) is 0 Å². The Morgan fingerprint density at radius 1 is 1.27 bits per heavy atom. The van der Waals surface area contributed by atoms with Crippen LogP contribution in [0.2, 0.25) is 0 Å². The average Bonchev–Trinajstić information content (AvgIpc) is 2.49. The predicted octanol–water partition coefficient (Wildman–Crippen LogP) is 1.69. The highest BCUT2D eigenvalue weighted by molar-refractivity contribution is 5.32. The Morgan fingerprint density at radius 2 is 1.95 bits per heavy atom. The number of hydrogen-bond acceptors (Lipinski definition) is 5. The molecule has 22 heavy (non-hydrogen) atoms. The van der Waals surface area contributed by atoms with Gasteiger partial charge in [0, 0.05) is 24.6 Å². The number of morpholine rings is 1. The Labute approximate surface area is 131 Å². The summed E-state index contributed by atoms with van der Waals surface area (Å²) in [4.78, 5) is 2.35. The second-order valence-electron chi connectivity index (χ2n) is 6.42. The summed E-state index contributed by atoms with van der Waals surface area (Å²) in [5.74, 6) is 1.56. The second-order valence-corrected chi connectivity index (χ2v) is 6.42. The van der Waals surface area contributed by atoms with Gasteiger partial charge in [0.25, 0.3) is 0 Å². The largest absolute Gasteiger partial charge is 0.497 e. The summed E-state index contributed by atoms with van der Waals surface area (Å²) in [5.41, 5.74) is -0.648. The highest BCUT2D eigenvalue weighted by atomic mass is 16.5. The zero-order valence-corrected chi connectivity index (χ0v) is 13.3. The minimum Gasteiger partial charge on any atom is -0.497 e. The smallest absolute Gasteiger partial charge is 0.122 e. The van der Waals surface area contributed by atoms with Gasteiger partial charge in [-0.15, -0.1) is 0 Å². The molecule has 2 saturated heterocycles. The number of nitrogens with zero attached hydrogens (tertiary/aromatic N) is 1. The Kier molecular flexibility index (Phi) is 4.57. The number of fused-ring (bicyclic) bond motifs is 2. The standard InChI is InChI=1S/C17H25NO4/c1-18-13-9-17(19,10-14(18)12-21-11-13)6-7-22-16-5-3-4-15(8-16)20-2/h3-5,8,13-14,19H,6-7,9-12H2,1-2H3. The molecule has 0 radical (unpaired) electrons. The molecule has 5 heteroatoms. The lowest BCUT2D eigenvalue weighted by molar-refractivity contribution is -0.138. The molecule has 1 aromatic carbocycles. The van der Waals surface area contributed by atoms with E-state index in [1.165, 1.54) is 0 Å². The zero-order chi connectivity index (χ0) is 15.6. The molecule has 2 fully saturated rings. The SMILES string of the molecule is COc1cccc(OCCC2(O)CC3COCC(C2)N3C)c1. The van der Waals surface area contributed by atoms with Crippen LogP contribution in [0.1, 0.15) is 19.3 Å². The number of hydrogen-bond donors (Lipinski definition) is 1. The highest BCUT2D eigenvalue weighted by Gasteiger charge is 2.44. The summed E-state index contributed by atoms with van der Waals surface area (Å²) < 4.78 is 16.6.